The molecule has 0 radical (unpaired) electrons. The minimum absolute atomic E-state index is 0.00537. The second-order valence-electron chi connectivity index (χ2n) is 4.32. The smallest absolute Gasteiger partial charge is 0.238 e. The molecule has 0 atom stereocenters. The highest BCUT2D eigenvalue weighted by Crippen LogP contribution is 2.36. The van der Waals surface area contributed by atoms with Crippen molar-refractivity contribution in [3.05, 3.63) is 47.8 Å². The highest BCUT2D eigenvalue weighted by molar-refractivity contribution is 7.89. The minimum atomic E-state index is -3.87. The van der Waals surface area contributed by atoms with Gasteiger partial charge in [-0.3, -0.25) is 4.98 Å². The number of nitrogens with zero attached hydrogens (tertiary/aromatic N) is 1. The molecule has 0 amide bonds. The van der Waals surface area contributed by atoms with E-state index in [0.29, 0.717) is 22.8 Å². The molecule has 1 heterocycles. The van der Waals surface area contributed by atoms with E-state index < -0.39 is 10.0 Å². The monoisotopic (exact) mass is 308 g/mol. The number of sulfonamides is 1. The van der Waals surface area contributed by atoms with Crippen LogP contribution < -0.4 is 14.6 Å². The van der Waals surface area contributed by atoms with Crippen LogP contribution in [-0.4, -0.2) is 27.6 Å². The summed E-state index contributed by atoms with van der Waals surface area (Å²) < 4.78 is 34.0. The van der Waals surface area contributed by atoms with Crippen molar-refractivity contribution in [2.75, 3.05) is 14.2 Å². The SMILES string of the molecule is COc1ccc(S(N)(=O)=O)c(Cc2ccccn2)c1OC. The van der Waals surface area contributed by atoms with Crippen LogP contribution >= 0.6 is 0 Å². The Labute approximate surface area is 123 Å². The molecule has 6 nitrogen and oxygen atoms in total. The van der Waals surface area contributed by atoms with Gasteiger partial charge in [-0.1, -0.05) is 6.07 Å². The fourth-order valence-electron chi connectivity index (χ4n) is 2.09. The van der Waals surface area contributed by atoms with Crippen LogP contribution in [0, 0.1) is 0 Å². The summed E-state index contributed by atoms with van der Waals surface area (Å²) in [5.41, 5.74) is 1.13. The second-order valence-corrected chi connectivity index (χ2v) is 5.85. The maximum atomic E-state index is 11.8. The number of benzene rings is 1. The normalized spacial score (nSPS) is 11.2. The van der Waals surface area contributed by atoms with Gasteiger partial charge in [0.2, 0.25) is 10.0 Å². The number of pyridine rings is 1. The summed E-state index contributed by atoms with van der Waals surface area (Å²) >= 11 is 0. The van der Waals surface area contributed by atoms with Crippen molar-refractivity contribution in [1.82, 2.24) is 4.98 Å². The van der Waals surface area contributed by atoms with Crippen LogP contribution in [0.25, 0.3) is 0 Å². The zero-order chi connectivity index (χ0) is 15.5. The molecule has 0 saturated heterocycles. The summed E-state index contributed by atoms with van der Waals surface area (Å²) in [4.78, 5) is 4.20. The van der Waals surface area contributed by atoms with E-state index in [1.54, 1.807) is 18.3 Å². The Morgan fingerprint density at radius 3 is 2.43 bits per heavy atom. The zero-order valence-corrected chi connectivity index (χ0v) is 12.6. The van der Waals surface area contributed by atoms with Gasteiger partial charge in [0, 0.05) is 23.9 Å². The molecular weight excluding hydrogens is 292 g/mol. The van der Waals surface area contributed by atoms with Gasteiger partial charge in [0.1, 0.15) is 0 Å². The van der Waals surface area contributed by atoms with Crippen molar-refractivity contribution in [3.8, 4) is 11.5 Å². The lowest BCUT2D eigenvalue weighted by atomic mass is 10.1. The Bertz CT molecular complexity index is 730. The third-order valence-electron chi connectivity index (χ3n) is 3.00. The maximum Gasteiger partial charge on any atom is 0.238 e. The number of nitrogens with two attached hydrogens (primary N) is 1. The van der Waals surface area contributed by atoms with Gasteiger partial charge in [-0.2, -0.15) is 0 Å². The summed E-state index contributed by atoms with van der Waals surface area (Å²) in [6.45, 7) is 0. The Kier molecular flexibility index (Phi) is 4.44. The molecule has 1 aromatic heterocycles. The van der Waals surface area contributed by atoms with E-state index in [0.717, 1.165) is 0 Å². The van der Waals surface area contributed by atoms with Crippen LogP contribution in [0.4, 0.5) is 0 Å². The predicted molar refractivity (Wildman–Crippen MR) is 78.0 cm³/mol. The van der Waals surface area contributed by atoms with Crippen LogP contribution in [0.1, 0.15) is 11.3 Å². The minimum Gasteiger partial charge on any atom is -0.493 e. The first kappa shape index (κ1) is 15.3. The van der Waals surface area contributed by atoms with Crippen molar-refractivity contribution in [2.24, 2.45) is 5.14 Å². The highest BCUT2D eigenvalue weighted by Gasteiger charge is 2.22. The van der Waals surface area contributed by atoms with E-state index in [-0.39, 0.29) is 11.3 Å². The second kappa shape index (κ2) is 6.11. The average molecular weight is 308 g/mol. The Morgan fingerprint density at radius 2 is 1.90 bits per heavy atom. The summed E-state index contributed by atoms with van der Waals surface area (Å²) in [5.74, 6) is 0.783. The fourth-order valence-corrected chi connectivity index (χ4v) is 2.86. The number of rotatable bonds is 5. The average Bonchev–Trinajstić information content (AvgIpc) is 2.46. The van der Waals surface area contributed by atoms with Gasteiger partial charge in [0.15, 0.2) is 11.5 Å². The molecule has 1 aromatic carbocycles. The number of ether oxygens (including phenoxy) is 2. The molecule has 0 aliphatic carbocycles. The lowest BCUT2D eigenvalue weighted by Gasteiger charge is -2.15. The molecule has 0 bridgehead atoms. The third kappa shape index (κ3) is 3.32. The first-order valence-electron chi connectivity index (χ1n) is 6.14. The molecule has 2 aromatic rings. The zero-order valence-electron chi connectivity index (χ0n) is 11.7. The van der Waals surface area contributed by atoms with Gasteiger partial charge in [-0.05, 0) is 24.3 Å². The van der Waals surface area contributed by atoms with E-state index in [4.69, 9.17) is 14.6 Å². The molecule has 0 aliphatic heterocycles. The molecule has 2 rings (SSSR count). The van der Waals surface area contributed by atoms with Crippen molar-refractivity contribution in [3.63, 3.8) is 0 Å². The van der Waals surface area contributed by atoms with E-state index >= 15 is 0 Å². The lowest BCUT2D eigenvalue weighted by Crippen LogP contribution is -2.16. The highest BCUT2D eigenvalue weighted by atomic mass is 32.2. The topological polar surface area (TPSA) is 91.5 Å². The van der Waals surface area contributed by atoms with Gasteiger partial charge < -0.3 is 9.47 Å². The van der Waals surface area contributed by atoms with Crippen LogP contribution in [0.5, 0.6) is 11.5 Å². The summed E-state index contributed by atoms with van der Waals surface area (Å²) in [5, 5.41) is 5.28. The fraction of sp³-hybridized carbons (Fsp3) is 0.214. The van der Waals surface area contributed by atoms with E-state index in [2.05, 4.69) is 4.98 Å². The first-order valence-corrected chi connectivity index (χ1v) is 7.68. The van der Waals surface area contributed by atoms with Crippen LogP contribution in [0.3, 0.4) is 0 Å². The maximum absolute atomic E-state index is 11.8. The molecule has 7 heteroatoms. The van der Waals surface area contributed by atoms with Crippen molar-refractivity contribution in [2.45, 2.75) is 11.3 Å². The Morgan fingerprint density at radius 1 is 1.14 bits per heavy atom. The molecule has 0 saturated carbocycles. The van der Waals surface area contributed by atoms with Crippen LogP contribution in [-0.2, 0) is 16.4 Å². The molecule has 112 valence electrons. The number of hydrogen-bond acceptors (Lipinski definition) is 5. The van der Waals surface area contributed by atoms with Crippen LogP contribution in [0.2, 0.25) is 0 Å². The number of methoxy groups -OCH3 is 2. The number of aromatic nitrogens is 1. The third-order valence-corrected chi connectivity index (χ3v) is 3.99. The largest absolute Gasteiger partial charge is 0.493 e. The van der Waals surface area contributed by atoms with Gasteiger partial charge >= 0.3 is 0 Å². The van der Waals surface area contributed by atoms with E-state index in [1.165, 1.54) is 26.4 Å². The quantitative estimate of drug-likeness (QED) is 0.900. The van der Waals surface area contributed by atoms with Crippen molar-refractivity contribution < 1.29 is 17.9 Å². The van der Waals surface area contributed by atoms with Gasteiger partial charge in [-0.15, -0.1) is 0 Å². The first-order chi connectivity index (χ1) is 9.97. The summed E-state index contributed by atoms with van der Waals surface area (Å²) in [7, 11) is -0.938. The Hall–Kier alpha value is -2.12. The lowest BCUT2D eigenvalue weighted by molar-refractivity contribution is 0.350. The molecule has 21 heavy (non-hydrogen) atoms. The standard InChI is InChI=1S/C14H16N2O4S/c1-19-12-6-7-13(21(15,17)18)11(14(12)20-2)9-10-5-3-4-8-16-10/h3-8H,9H2,1-2H3,(H2,15,17,18). The van der Waals surface area contributed by atoms with E-state index in [1.807, 2.05) is 6.07 Å². The molecular formula is C14H16N2O4S. The molecule has 2 N–H and O–H groups in total. The van der Waals surface area contributed by atoms with Crippen molar-refractivity contribution >= 4 is 10.0 Å². The number of hydrogen-bond donors (Lipinski definition) is 1. The van der Waals surface area contributed by atoms with Gasteiger partial charge in [-0.25, -0.2) is 13.6 Å². The van der Waals surface area contributed by atoms with E-state index in [9.17, 15) is 8.42 Å². The molecule has 0 fully saturated rings. The number of primary sulfonamides is 1. The predicted octanol–water partition coefficient (Wildman–Crippen LogP) is 1.34. The van der Waals surface area contributed by atoms with Crippen LogP contribution in [0.15, 0.2) is 41.4 Å². The molecule has 0 unspecified atom stereocenters. The molecule has 0 aliphatic rings. The summed E-state index contributed by atoms with van der Waals surface area (Å²) in [6, 6.07) is 8.33. The summed E-state index contributed by atoms with van der Waals surface area (Å²) in [6.07, 6.45) is 1.91. The van der Waals surface area contributed by atoms with Crippen molar-refractivity contribution in [1.29, 1.82) is 0 Å². The van der Waals surface area contributed by atoms with Gasteiger partial charge in [0.25, 0.3) is 0 Å². The van der Waals surface area contributed by atoms with Gasteiger partial charge in [0.05, 0.1) is 19.1 Å². The Balaban J connectivity index is 2.64. The molecule has 0 spiro atoms.